The minimum Gasteiger partial charge on any atom is -0.477 e. The maximum atomic E-state index is 10.9. The highest BCUT2D eigenvalue weighted by Crippen LogP contribution is 2.32. The molecule has 0 atom stereocenters. The number of thioether (sulfide) groups is 1. The molecule has 2 rings (SSSR count). The molecule has 0 bridgehead atoms. The number of hydrogen-bond acceptors (Lipinski definition) is 4. The van der Waals surface area contributed by atoms with Gasteiger partial charge in [-0.25, -0.2) is 9.78 Å². The molecule has 5 heteroatoms. The van der Waals surface area contributed by atoms with Gasteiger partial charge in [0.05, 0.1) is 0 Å². The summed E-state index contributed by atoms with van der Waals surface area (Å²) in [6.45, 7) is 6.44. The topological polar surface area (TPSA) is 53.4 Å². The molecule has 98 valence electrons. The fourth-order valence-corrected chi connectivity index (χ4v) is 3.11. The number of carboxylic acids is 1. The fourth-order valence-electron chi connectivity index (χ4n) is 2.01. The molecule has 0 saturated carbocycles. The molecule has 1 saturated heterocycles. The van der Waals surface area contributed by atoms with Crippen LogP contribution >= 0.6 is 11.8 Å². The SMILES string of the molecule is CC1(C)CCN(c2ccnc(C(=O)O)c2)CCS1. The van der Waals surface area contributed by atoms with Gasteiger partial charge in [-0.1, -0.05) is 13.8 Å². The van der Waals surface area contributed by atoms with E-state index >= 15 is 0 Å². The average Bonchev–Trinajstić information content (AvgIpc) is 2.50. The second-order valence-corrected chi connectivity index (χ2v) is 6.85. The van der Waals surface area contributed by atoms with E-state index in [0.717, 1.165) is 31.0 Å². The zero-order valence-electron chi connectivity index (χ0n) is 10.7. The molecule has 0 radical (unpaired) electrons. The highest BCUT2D eigenvalue weighted by atomic mass is 32.2. The third-order valence-corrected chi connectivity index (χ3v) is 4.54. The molecule has 1 N–H and O–H groups in total. The van der Waals surface area contributed by atoms with Gasteiger partial charge < -0.3 is 10.0 Å². The van der Waals surface area contributed by atoms with Crippen LogP contribution in [0.2, 0.25) is 0 Å². The van der Waals surface area contributed by atoms with Crippen LogP contribution in [0.15, 0.2) is 18.3 Å². The number of carbonyl (C=O) groups is 1. The van der Waals surface area contributed by atoms with Crippen molar-refractivity contribution in [3.05, 3.63) is 24.0 Å². The van der Waals surface area contributed by atoms with E-state index in [1.165, 1.54) is 0 Å². The second kappa shape index (κ2) is 5.18. The largest absolute Gasteiger partial charge is 0.477 e. The monoisotopic (exact) mass is 266 g/mol. The lowest BCUT2D eigenvalue weighted by Gasteiger charge is -2.24. The van der Waals surface area contributed by atoms with Gasteiger partial charge in [0.1, 0.15) is 5.69 Å². The molecule has 0 aliphatic carbocycles. The molecule has 0 spiro atoms. The number of aromatic carboxylic acids is 1. The lowest BCUT2D eigenvalue weighted by atomic mass is 10.1. The van der Waals surface area contributed by atoms with Crippen LogP contribution in [0.4, 0.5) is 5.69 Å². The van der Waals surface area contributed by atoms with E-state index in [4.69, 9.17) is 5.11 Å². The predicted octanol–water partition coefficient (Wildman–Crippen LogP) is 2.50. The van der Waals surface area contributed by atoms with Gasteiger partial charge in [-0.2, -0.15) is 11.8 Å². The third-order valence-electron chi connectivity index (χ3n) is 3.17. The molecule has 0 unspecified atom stereocenters. The van der Waals surface area contributed by atoms with Crippen LogP contribution in [0.3, 0.4) is 0 Å². The first kappa shape index (κ1) is 13.2. The maximum absolute atomic E-state index is 10.9. The highest BCUT2D eigenvalue weighted by molar-refractivity contribution is 8.00. The summed E-state index contributed by atoms with van der Waals surface area (Å²) in [7, 11) is 0. The zero-order valence-corrected chi connectivity index (χ0v) is 11.5. The molecule has 0 amide bonds. The average molecular weight is 266 g/mol. The van der Waals surface area contributed by atoms with Crippen molar-refractivity contribution in [3.63, 3.8) is 0 Å². The lowest BCUT2D eigenvalue weighted by Crippen LogP contribution is -2.27. The molecular formula is C13H18N2O2S. The normalized spacial score (nSPS) is 19.3. The molecule has 4 nitrogen and oxygen atoms in total. The summed E-state index contributed by atoms with van der Waals surface area (Å²) in [6.07, 6.45) is 2.67. The van der Waals surface area contributed by atoms with Gasteiger partial charge in [-0.3, -0.25) is 0 Å². The van der Waals surface area contributed by atoms with Crippen molar-refractivity contribution in [2.75, 3.05) is 23.7 Å². The number of nitrogens with zero attached hydrogens (tertiary/aromatic N) is 2. The summed E-state index contributed by atoms with van der Waals surface area (Å²) < 4.78 is 0.303. The third kappa shape index (κ3) is 3.16. The fraction of sp³-hybridized carbons (Fsp3) is 0.538. The Hall–Kier alpha value is -1.23. The first-order valence-electron chi connectivity index (χ1n) is 6.06. The van der Waals surface area contributed by atoms with Gasteiger partial charge in [0.2, 0.25) is 0 Å². The van der Waals surface area contributed by atoms with E-state index in [1.807, 2.05) is 17.8 Å². The second-order valence-electron chi connectivity index (χ2n) is 5.05. The quantitative estimate of drug-likeness (QED) is 0.891. The summed E-state index contributed by atoms with van der Waals surface area (Å²) in [4.78, 5) is 17.0. The Morgan fingerprint density at radius 1 is 1.50 bits per heavy atom. The molecule has 1 aliphatic heterocycles. The number of pyridine rings is 1. The maximum Gasteiger partial charge on any atom is 0.354 e. The van der Waals surface area contributed by atoms with Crippen LogP contribution < -0.4 is 4.90 Å². The van der Waals surface area contributed by atoms with Crippen molar-refractivity contribution >= 4 is 23.4 Å². The van der Waals surface area contributed by atoms with Gasteiger partial charge in [0, 0.05) is 35.5 Å². The van der Waals surface area contributed by atoms with E-state index in [0.29, 0.717) is 4.75 Å². The van der Waals surface area contributed by atoms with Crippen molar-refractivity contribution < 1.29 is 9.90 Å². The van der Waals surface area contributed by atoms with Crippen LogP contribution in [-0.4, -0.2) is 39.6 Å². The summed E-state index contributed by atoms with van der Waals surface area (Å²) in [5.74, 6) is 0.0962. The molecule has 1 fully saturated rings. The zero-order chi connectivity index (χ0) is 13.2. The van der Waals surface area contributed by atoms with Gasteiger partial charge in [0.15, 0.2) is 0 Å². The molecule has 0 aromatic carbocycles. The molecule has 1 aromatic heterocycles. The Balaban J connectivity index is 2.16. The van der Waals surface area contributed by atoms with Gasteiger partial charge in [-0.15, -0.1) is 0 Å². The van der Waals surface area contributed by atoms with Gasteiger partial charge in [0.25, 0.3) is 0 Å². The molecule has 2 heterocycles. The highest BCUT2D eigenvalue weighted by Gasteiger charge is 2.24. The number of anilines is 1. The van der Waals surface area contributed by atoms with Crippen molar-refractivity contribution in [2.45, 2.75) is 25.0 Å². The molecule has 18 heavy (non-hydrogen) atoms. The van der Waals surface area contributed by atoms with Gasteiger partial charge >= 0.3 is 5.97 Å². The van der Waals surface area contributed by atoms with Crippen LogP contribution in [0.1, 0.15) is 30.8 Å². The molecule has 1 aromatic rings. The Morgan fingerprint density at radius 2 is 2.28 bits per heavy atom. The first-order valence-corrected chi connectivity index (χ1v) is 7.05. The number of rotatable bonds is 2. The lowest BCUT2D eigenvalue weighted by molar-refractivity contribution is 0.0690. The van der Waals surface area contributed by atoms with Crippen LogP contribution in [0, 0.1) is 0 Å². The minimum absolute atomic E-state index is 0.115. The summed E-state index contributed by atoms with van der Waals surface area (Å²) >= 11 is 1.98. The summed E-state index contributed by atoms with van der Waals surface area (Å²) in [5.41, 5.74) is 1.07. The smallest absolute Gasteiger partial charge is 0.354 e. The van der Waals surface area contributed by atoms with Crippen LogP contribution in [0.5, 0.6) is 0 Å². The standard InChI is InChI=1S/C13H18N2O2S/c1-13(2)4-6-15(7-8-18-13)10-3-5-14-11(9-10)12(16)17/h3,5,9H,4,6-8H2,1-2H3,(H,16,17). The number of aromatic nitrogens is 1. The minimum atomic E-state index is -0.971. The Kier molecular flexibility index (Phi) is 3.80. The van der Waals surface area contributed by atoms with Gasteiger partial charge in [-0.05, 0) is 18.6 Å². The summed E-state index contributed by atoms with van der Waals surface area (Å²) in [6, 6.07) is 3.54. The van der Waals surface area contributed by atoms with Crippen molar-refractivity contribution in [3.8, 4) is 0 Å². The molecule has 1 aliphatic rings. The van der Waals surface area contributed by atoms with Crippen molar-refractivity contribution in [1.29, 1.82) is 0 Å². The summed E-state index contributed by atoms with van der Waals surface area (Å²) in [5, 5.41) is 8.96. The molecular weight excluding hydrogens is 248 g/mol. The van der Waals surface area contributed by atoms with E-state index in [9.17, 15) is 4.79 Å². The van der Waals surface area contributed by atoms with E-state index in [1.54, 1.807) is 12.3 Å². The van der Waals surface area contributed by atoms with Crippen molar-refractivity contribution in [1.82, 2.24) is 4.98 Å². The van der Waals surface area contributed by atoms with E-state index in [-0.39, 0.29) is 5.69 Å². The first-order chi connectivity index (χ1) is 8.48. The predicted molar refractivity (Wildman–Crippen MR) is 74.6 cm³/mol. The van der Waals surface area contributed by atoms with Crippen LogP contribution in [0.25, 0.3) is 0 Å². The Morgan fingerprint density at radius 3 is 3.00 bits per heavy atom. The van der Waals surface area contributed by atoms with E-state index < -0.39 is 5.97 Å². The Labute approximate surface area is 111 Å². The van der Waals surface area contributed by atoms with Crippen molar-refractivity contribution in [2.24, 2.45) is 0 Å². The number of carboxylic acid groups (broad SMARTS) is 1. The Bertz CT molecular complexity index is 448. The number of hydrogen-bond donors (Lipinski definition) is 1. The van der Waals surface area contributed by atoms with E-state index in [2.05, 4.69) is 23.7 Å². The van der Waals surface area contributed by atoms with Crippen LogP contribution in [-0.2, 0) is 0 Å².